The van der Waals surface area contributed by atoms with Crippen LogP contribution in [0.4, 0.5) is 0 Å². The zero-order chi connectivity index (χ0) is 19.5. The van der Waals surface area contributed by atoms with E-state index >= 15 is 0 Å². The van der Waals surface area contributed by atoms with Crippen LogP contribution in [0.25, 0.3) is 10.2 Å². The highest BCUT2D eigenvalue weighted by Gasteiger charge is 2.22. The van der Waals surface area contributed by atoms with Crippen LogP contribution >= 0.6 is 23.1 Å². The van der Waals surface area contributed by atoms with Crippen LogP contribution in [0, 0.1) is 0 Å². The number of aromatic nitrogens is 2. The molecule has 146 valence electrons. The van der Waals surface area contributed by atoms with E-state index in [0.717, 1.165) is 34.0 Å². The Labute approximate surface area is 172 Å². The normalized spacial score (nSPS) is 14.5. The zero-order valence-corrected chi connectivity index (χ0v) is 17.7. The van der Waals surface area contributed by atoms with E-state index in [0.29, 0.717) is 6.54 Å². The van der Waals surface area contributed by atoms with Crippen molar-refractivity contribution in [2.24, 2.45) is 0 Å². The first-order valence-corrected chi connectivity index (χ1v) is 11.2. The van der Waals surface area contributed by atoms with Gasteiger partial charge in [0.15, 0.2) is 0 Å². The van der Waals surface area contributed by atoms with Crippen molar-refractivity contribution in [2.45, 2.75) is 49.4 Å². The second kappa shape index (κ2) is 8.49. The van der Waals surface area contributed by atoms with Crippen LogP contribution in [0.2, 0.25) is 0 Å². The third-order valence-corrected chi connectivity index (χ3v) is 7.30. The Kier molecular flexibility index (Phi) is 5.82. The average molecular weight is 414 g/mol. The monoisotopic (exact) mass is 413 g/mol. The van der Waals surface area contributed by atoms with Gasteiger partial charge in [0.05, 0.1) is 12.4 Å². The second-order valence-corrected chi connectivity index (χ2v) is 9.31. The van der Waals surface area contributed by atoms with Gasteiger partial charge in [0.25, 0.3) is 0 Å². The standard InChI is InChI=1S/C21H23N3O2S2/c1-13(19(25)22-11-14-7-9-15(26-2)10-8-14)27-20-18-16-5-3-4-6-17(16)28-21(18)24-12-23-20/h7-10,12-13H,3-6,11H2,1-2H3,(H,22,25)/t13-/m1/s1. The summed E-state index contributed by atoms with van der Waals surface area (Å²) in [5.41, 5.74) is 2.45. The van der Waals surface area contributed by atoms with Gasteiger partial charge >= 0.3 is 0 Å². The number of rotatable bonds is 6. The summed E-state index contributed by atoms with van der Waals surface area (Å²) in [6, 6.07) is 7.72. The summed E-state index contributed by atoms with van der Waals surface area (Å²) in [6.07, 6.45) is 6.32. The number of aryl methyl sites for hydroxylation is 2. The van der Waals surface area contributed by atoms with Crippen molar-refractivity contribution in [1.29, 1.82) is 0 Å². The Balaban J connectivity index is 1.44. The molecule has 0 unspecified atom stereocenters. The quantitative estimate of drug-likeness (QED) is 0.480. The molecule has 0 bridgehead atoms. The van der Waals surface area contributed by atoms with E-state index in [1.807, 2.05) is 31.2 Å². The first-order valence-electron chi connectivity index (χ1n) is 9.48. The summed E-state index contributed by atoms with van der Waals surface area (Å²) in [7, 11) is 1.64. The van der Waals surface area contributed by atoms with Gasteiger partial charge in [0.1, 0.15) is 21.9 Å². The molecule has 1 atom stereocenters. The number of carbonyl (C=O) groups is 1. The van der Waals surface area contributed by atoms with Crippen LogP contribution in [0.3, 0.4) is 0 Å². The van der Waals surface area contributed by atoms with Gasteiger partial charge in [-0.3, -0.25) is 4.79 Å². The van der Waals surface area contributed by atoms with Crippen molar-refractivity contribution in [3.8, 4) is 5.75 Å². The van der Waals surface area contributed by atoms with Crippen molar-refractivity contribution < 1.29 is 9.53 Å². The first kappa shape index (κ1) is 19.2. The smallest absolute Gasteiger partial charge is 0.233 e. The number of benzene rings is 1. The molecule has 1 amide bonds. The lowest BCUT2D eigenvalue weighted by Gasteiger charge is -2.14. The number of carbonyl (C=O) groups excluding carboxylic acids is 1. The van der Waals surface area contributed by atoms with Gasteiger partial charge in [-0.1, -0.05) is 23.9 Å². The number of amides is 1. The summed E-state index contributed by atoms with van der Waals surface area (Å²) in [4.78, 5) is 24.1. The van der Waals surface area contributed by atoms with E-state index in [2.05, 4.69) is 15.3 Å². The maximum absolute atomic E-state index is 12.6. The lowest BCUT2D eigenvalue weighted by atomic mass is 9.97. The van der Waals surface area contributed by atoms with E-state index in [-0.39, 0.29) is 11.2 Å². The second-order valence-electron chi connectivity index (χ2n) is 6.90. The van der Waals surface area contributed by atoms with Crippen LogP contribution in [0.5, 0.6) is 5.75 Å². The van der Waals surface area contributed by atoms with E-state index in [4.69, 9.17) is 4.74 Å². The zero-order valence-electron chi connectivity index (χ0n) is 16.0. The maximum Gasteiger partial charge on any atom is 0.233 e. The molecule has 0 fully saturated rings. The van der Waals surface area contributed by atoms with Crippen molar-refractivity contribution in [3.63, 3.8) is 0 Å². The minimum Gasteiger partial charge on any atom is -0.497 e. The van der Waals surface area contributed by atoms with Crippen molar-refractivity contribution >= 4 is 39.2 Å². The largest absolute Gasteiger partial charge is 0.497 e. The topological polar surface area (TPSA) is 64.1 Å². The van der Waals surface area contributed by atoms with Gasteiger partial charge in [-0.05, 0) is 55.9 Å². The number of methoxy groups -OCH3 is 1. The molecule has 1 N–H and O–H groups in total. The molecule has 0 aliphatic heterocycles. The maximum atomic E-state index is 12.6. The summed E-state index contributed by atoms with van der Waals surface area (Å²) < 4.78 is 5.17. The number of nitrogens with one attached hydrogen (secondary N) is 1. The molecule has 0 spiro atoms. The highest BCUT2D eigenvalue weighted by molar-refractivity contribution is 8.00. The molecule has 5 nitrogen and oxygen atoms in total. The Morgan fingerprint density at radius 1 is 1.25 bits per heavy atom. The molecule has 0 radical (unpaired) electrons. The molecule has 1 aliphatic carbocycles. The van der Waals surface area contributed by atoms with E-state index in [1.54, 1.807) is 24.8 Å². The average Bonchev–Trinajstić information content (AvgIpc) is 3.12. The summed E-state index contributed by atoms with van der Waals surface area (Å²) in [5.74, 6) is 0.822. The van der Waals surface area contributed by atoms with E-state index < -0.39 is 0 Å². The lowest BCUT2D eigenvalue weighted by molar-refractivity contribution is -0.120. The third-order valence-electron chi connectivity index (χ3n) is 5.00. The van der Waals surface area contributed by atoms with Gasteiger partial charge in [-0.25, -0.2) is 9.97 Å². The predicted molar refractivity (Wildman–Crippen MR) is 114 cm³/mol. The minimum absolute atomic E-state index is 0.0108. The highest BCUT2D eigenvalue weighted by Crippen LogP contribution is 2.40. The fourth-order valence-corrected chi connectivity index (χ4v) is 5.71. The fourth-order valence-electron chi connectivity index (χ4n) is 3.45. The Hall–Kier alpha value is -2.12. The Morgan fingerprint density at radius 3 is 2.82 bits per heavy atom. The number of ether oxygens (including phenoxy) is 1. The van der Waals surface area contributed by atoms with Gasteiger partial charge < -0.3 is 10.1 Å². The molecule has 0 saturated heterocycles. The minimum atomic E-state index is -0.226. The SMILES string of the molecule is COc1ccc(CNC(=O)[C@@H](C)Sc2ncnc3sc4c(c23)CCCC4)cc1. The Morgan fingerprint density at radius 2 is 2.04 bits per heavy atom. The van der Waals surface area contributed by atoms with Crippen molar-refractivity contribution in [3.05, 3.63) is 46.6 Å². The number of thioether (sulfide) groups is 1. The number of fused-ring (bicyclic) bond motifs is 3. The molecule has 0 saturated carbocycles. The third kappa shape index (κ3) is 4.00. The van der Waals surface area contributed by atoms with Gasteiger partial charge in [-0.15, -0.1) is 11.3 Å². The number of thiophene rings is 1. The Bertz CT molecular complexity index is 985. The molecule has 4 rings (SSSR count). The summed E-state index contributed by atoms with van der Waals surface area (Å²) in [5, 5.41) is 4.89. The molecular weight excluding hydrogens is 390 g/mol. The van der Waals surface area contributed by atoms with E-state index in [1.165, 1.54) is 40.4 Å². The molecule has 28 heavy (non-hydrogen) atoms. The first-order chi connectivity index (χ1) is 13.7. The van der Waals surface area contributed by atoms with Crippen molar-refractivity contribution in [2.75, 3.05) is 7.11 Å². The van der Waals surface area contributed by atoms with Gasteiger partial charge in [0, 0.05) is 16.8 Å². The highest BCUT2D eigenvalue weighted by atomic mass is 32.2. The van der Waals surface area contributed by atoms with Gasteiger partial charge in [0.2, 0.25) is 5.91 Å². The van der Waals surface area contributed by atoms with Crippen LogP contribution < -0.4 is 10.1 Å². The van der Waals surface area contributed by atoms with Crippen LogP contribution in [-0.2, 0) is 24.2 Å². The van der Waals surface area contributed by atoms with Gasteiger partial charge in [-0.2, -0.15) is 0 Å². The molecule has 3 aromatic rings. The van der Waals surface area contributed by atoms with Crippen molar-refractivity contribution in [1.82, 2.24) is 15.3 Å². The van der Waals surface area contributed by atoms with Crippen LogP contribution in [0.15, 0.2) is 35.6 Å². The van der Waals surface area contributed by atoms with E-state index in [9.17, 15) is 4.79 Å². The molecule has 2 heterocycles. The molecule has 1 aliphatic rings. The number of nitrogens with zero attached hydrogens (tertiary/aromatic N) is 2. The molecule has 1 aromatic carbocycles. The molecule has 7 heteroatoms. The van der Waals surface area contributed by atoms with Crippen LogP contribution in [0.1, 0.15) is 35.8 Å². The predicted octanol–water partition coefficient (Wildman–Crippen LogP) is 4.38. The summed E-state index contributed by atoms with van der Waals surface area (Å²) >= 11 is 3.31. The molecule has 2 aromatic heterocycles. The van der Waals surface area contributed by atoms with Crippen LogP contribution in [-0.4, -0.2) is 28.2 Å². The summed E-state index contributed by atoms with van der Waals surface area (Å²) in [6.45, 7) is 2.43. The number of hydrogen-bond acceptors (Lipinski definition) is 6. The fraction of sp³-hybridized carbons (Fsp3) is 0.381. The lowest BCUT2D eigenvalue weighted by Crippen LogP contribution is -2.30. The molecular formula is C21H23N3O2S2. The number of hydrogen-bond donors (Lipinski definition) is 1.